The summed E-state index contributed by atoms with van der Waals surface area (Å²) >= 11 is 16.8. The Morgan fingerprint density at radius 1 is 1.33 bits per heavy atom. The van der Waals surface area contributed by atoms with Crippen molar-refractivity contribution < 1.29 is 24.2 Å². The molecule has 1 rings (SSSR count). The van der Waals surface area contributed by atoms with Gasteiger partial charge < -0.3 is 24.2 Å². The zero-order valence-corrected chi connectivity index (χ0v) is 14.2. The molecule has 1 N–H and O–H groups in total. The maximum atomic E-state index is 10.1. The van der Waals surface area contributed by atoms with Gasteiger partial charge in [-0.1, -0.05) is 34.8 Å². The van der Waals surface area contributed by atoms with E-state index in [2.05, 4.69) is 30.9 Å². The number of hydrogen-bond acceptors (Lipinski definition) is 5. The normalized spacial score (nSPS) is 10.6. The third kappa shape index (κ3) is 9.71. The lowest BCUT2D eigenvalue weighted by Crippen LogP contribution is -2.36. The molecule has 0 fully saturated rings. The van der Waals surface area contributed by atoms with Gasteiger partial charge in [-0.3, -0.25) is 0 Å². The van der Waals surface area contributed by atoms with Crippen molar-refractivity contribution in [3.63, 3.8) is 0 Å². The van der Waals surface area contributed by atoms with E-state index >= 15 is 0 Å². The van der Waals surface area contributed by atoms with Gasteiger partial charge >= 0.3 is 0 Å². The van der Waals surface area contributed by atoms with Crippen LogP contribution in [0.5, 0.6) is 5.88 Å². The van der Waals surface area contributed by atoms with Gasteiger partial charge in [0.2, 0.25) is 5.88 Å². The van der Waals surface area contributed by atoms with Crippen molar-refractivity contribution in [3.05, 3.63) is 21.3 Å². The third-order valence-electron chi connectivity index (χ3n) is 1.95. The van der Waals surface area contributed by atoms with E-state index < -0.39 is 12.6 Å². The van der Waals surface area contributed by atoms with Crippen LogP contribution >= 0.6 is 34.8 Å². The number of carbonyl (C=O) groups excluding carboxylic acids is 1. The number of aromatic nitrogens is 1. The average Bonchev–Trinajstić information content (AvgIpc) is 2.31. The molecule has 0 spiro atoms. The molecule has 1 aromatic heterocycles. The quantitative estimate of drug-likeness (QED) is 0.623. The summed E-state index contributed by atoms with van der Waals surface area (Å²) in [5, 5.41) is 18.7. The van der Waals surface area contributed by atoms with Crippen molar-refractivity contribution in [3.8, 4) is 5.88 Å². The predicted octanol–water partition coefficient (Wildman–Crippen LogP) is 0.855. The number of aliphatic hydroxyl groups excluding tert-OH is 1. The van der Waals surface area contributed by atoms with Gasteiger partial charge in [-0.2, -0.15) is 4.98 Å². The lowest BCUT2D eigenvalue weighted by Gasteiger charge is -2.21. The number of hydrogen-bond donors (Lipinski definition) is 1. The number of pyridine rings is 1. The monoisotopic (exact) mass is 358 g/mol. The number of likely N-dealkylation sites (N-methyl/N-ethyl adjacent to an activating group) is 1. The molecule has 0 aliphatic rings. The van der Waals surface area contributed by atoms with Crippen molar-refractivity contribution in [2.75, 3.05) is 40.9 Å². The molecule has 1 heterocycles. The summed E-state index contributed by atoms with van der Waals surface area (Å²) in [6.45, 7) is 0.466. The van der Waals surface area contributed by atoms with Gasteiger partial charge in [0.1, 0.15) is 18.2 Å². The molecule has 0 atom stereocenters. The highest BCUT2D eigenvalue weighted by Gasteiger charge is 2.08. The molecule has 0 unspecified atom stereocenters. The highest BCUT2D eigenvalue weighted by atomic mass is 35.5. The number of carboxylic acid groups (broad SMARTS) is 1. The lowest BCUT2D eigenvalue weighted by atomic mass is 10.5. The largest absolute Gasteiger partial charge is 0.546 e. The van der Waals surface area contributed by atoms with Gasteiger partial charge in [-0.25, -0.2) is 0 Å². The van der Waals surface area contributed by atoms with E-state index in [0.29, 0.717) is 0 Å². The van der Waals surface area contributed by atoms with Gasteiger partial charge in [0.25, 0.3) is 0 Å². The van der Waals surface area contributed by atoms with Crippen LogP contribution in [0.3, 0.4) is 0 Å². The Morgan fingerprint density at radius 2 is 1.90 bits per heavy atom. The number of quaternary nitrogens is 1. The van der Waals surface area contributed by atoms with Crippen LogP contribution in [-0.2, 0) is 4.79 Å². The average molecular weight is 360 g/mol. The highest BCUT2D eigenvalue weighted by Crippen LogP contribution is 2.30. The van der Waals surface area contributed by atoms with E-state index in [-0.39, 0.29) is 27.7 Å². The van der Waals surface area contributed by atoms with Crippen molar-refractivity contribution >= 4 is 40.8 Å². The summed E-state index contributed by atoms with van der Waals surface area (Å²) in [7, 11) is 6.16. The number of halogens is 3. The van der Waals surface area contributed by atoms with Crippen molar-refractivity contribution in [2.24, 2.45) is 0 Å². The first-order chi connectivity index (χ1) is 9.56. The second kappa shape index (κ2) is 9.27. The molecule has 0 aliphatic heterocycles. The third-order valence-corrected chi connectivity index (χ3v) is 2.90. The molecule has 0 amide bonds. The molecule has 0 bridgehead atoms. The van der Waals surface area contributed by atoms with Crippen LogP contribution in [0.25, 0.3) is 0 Å². The number of aliphatic hydroxyl groups is 1. The van der Waals surface area contributed by atoms with Crippen LogP contribution < -0.4 is 9.84 Å². The fourth-order valence-corrected chi connectivity index (χ4v) is 1.50. The second-order valence-electron chi connectivity index (χ2n) is 4.95. The summed E-state index contributed by atoms with van der Waals surface area (Å²) in [5.41, 5.74) is 0. The van der Waals surface area contributed by atoms with E-state index in [1.54, 1.807) is 0 Å². The first-order valence-electron chi connectivity index (χ1n) is 5.82. The number of carboxylic acids is 1. The number of carbonyl (C=O) groups is 1. The molecule has 0 aromatic carbocycles. The number of nitrogens with zero attached hydrogens (tertiary/aromatic N) is 2. The number of ether oxygens (including phenoxy) is 1. The van der Waals surface area contributed by atoms with Crippen LogP contribution in [0.15, 0.2) is 6.07 Å². The standard InChI is InChI=1S/C7H4Cl3NO3.C5H14NO/c8-3-1-4(9)7(11-6(3)10)14-2-5(12)13;1-6(2,3)4-5-7/h1H,2H2,(H,12,13);7H,4-5H2,1-3H3/q;+1/p-1. The van der Waals surface area contributed by atoms with Crippen LogP contribution in [-0.4, -0.2) is 61.4 Å². The van der Waals surface area contributed by atoms with Crippen molar-refractivity contribution in [2.45, 2.75) is 0 Å². The smallest absolute Gasteiger partial charge is 0.234 e. The molecular formula is C12H17Cl3N2O4. The van der Waals surface area contributed by atoms with Crippen LogP contribution in [0.1, 0.15) is 0 Å². The van der Waals surface area contributed by atoms with E-state index in [1.807, 2.05) is 0 Å². The van der Waals surface area contributed by atoms with Crippen LogP contribution in [0.4, 0.5) is 0 Å². The second-order valence-corrected chi connectivity index (χ2v) is 6.12. The summed E-state index contributed by atoms with van der Waals surface area (Å²) in [6, 6.07) is 1.31. The fraction of sp³-hybridized carbons (Fsp3) is 0.500. The van der Waals surface area contributed by atoms with E-state index in [1.165, 1.54) is 6.07 Å². The number of aliphatic carboxylic acids is 1. The first kappa shape index (κ1) is 20.2. The highest BCUT2D eigenvalue weighted by molar-refractivity contribution is 6.42. The first-order valence-corrected chi connectivity index (χ1v) is 6.95. The van der Waals surface area contributed by atoms with E-state index in [4.69, 9.17) is 39.9 Å². The molecule has 0 aliphatic carbocycles. The molecule has 6 nitrogen and oxygen atoms in total. The van der Waals surface area contributed by atoms with Gasteiger partial charge in [0, 0.05) is 0 Å². The van der Waals surface area contributed by atoms with Crippen LogP contribution in [0.2, 0.25) is 15.2 Å². The molecule has 1 aromatic rings. The minimum Gasteiger partial charge on any atom is -0.546 e. The summed E-state index contributed by atoms with van der Waals surface area (Å²) in [4.78, 5) is 13.7. The van der Waals surface area contributed by atoms with Gasteiger partial charge in [-0.05, 0) is 6.07 Å². The molecule has 9 heteroatoms. The fourth-order valence-electron chi connectivity index (χ4n) is 0.957. The van der Waals surface area contributed by atoms with Crippen molar-refractivity contribution in [1.82, 2.24) is 4.98 Å². The minimum atomic E-state index is -1.38. The minimum absolute atomic E-state index is 0.00980. The molecule has 0 radical (unpaired) electrons. The maximum absolute atomic E-state index is 10.1. The van der Waals surface area contributed by atoms with Gasteiger partial charge in [-0.15, -0.1) is 0 Å². The van der Waals surface area contributed by atoms with Gasteiger partial charge in [0.15, 0.2) is 5.15 Å². The number of rotatable bonds is 5. The SMILES string of the molecule is C[N+](C)(C)CCO.O=C([O-])COc1nc(Cl)c(Cl)cc1Cl. The Hall–Kier alpha value is -0.790. The summed E-state index contributed by atoms with van der Waals surface area (Å²) in [6.07, 6.45) is 0. The maximum Gasteiger partial charge on any atom is 0.234 e. The summed E-state index contributed by atoms with van der Waals surface area (Å²) < 4.78 is 5.53. The predicted molar refractivity (Wildman–Crippen MR) is 79.8 cm³/mol. The molecule has 0 saturated carbocycles. The van der Waals surface area contributed by atoms with Gasteiger partial charge in [0.05, 0.1) is 38.7 Å². The zero-order chi connectivity index (χ0) is 16.6. The van der Waals surface area contributed by atoms with E-state index in [9.17, 15) is 9.90 Å². The molecule has 0 saturated heterocycles. The van der Waals surface area contributed by atoms with Crippen molar-refractivity contribution in [1.29, 1.82) is 0 Å². The molecule has 120 valence electrons. The zero-order valence-electron chi connectivity index (χ0n) is 11.9. The Balaban J connectivity index is 0.000000486. The summed E-state index contributed by atoms with van der Waals surface area (Å²) in [5.74, 6) is -1.47. The van der Waals surface area contributed by atoms with E-state index in [0.717, 1.165) is 11.0 Å². The molecular weight excluding hydrogens is 343 g/mol. The topological polar surface area (TPSA) is 82.5 Å². The lowest BCUT2D eigenvalue weighted by molar-refractivity contribution is -0.870. The Morgan fingerprint density at radius 3 is 2.29 bits per heavy atom. The Labute approximate surface area is 138 Å². The Kier molecular flexibility index (Phi) is 8.92. The molecule has 21 heavy (non-hydrogen) atoms. The Bertz CT molecular complexity index is 478. The van der Waals surface area contributed by atoms with Crippen LogP contribution in [0, 0.1) is 0 Å².